The quantitative estimate of drug-likeness (QED) is 0.426. The summed E-state index contributed by atoms with van der Waals surface area (Å²) >= 11 is 1.69. The van der Waals surface area contributed by atoms with Gasteiger partial charge in [0.1, 0.15) is 11.5 Å². The van der Waals surface area contributed by atoms with Gasteiger partial charge in [-0.25, -0.2) is 4.79 Å². The fourth-order valence-corrected chi connectivity index (χ4v) is 3.01. The van der Waals surface area contributed by atoms with Gasteiger partial charge in [0.15, 0.2) is 6.61 Å². The normalized spacial score (nSPS) is 10.2. The third-order valence-electron chi connectivity index (χ3n) is 3.31. The van der Waals surface area contributed by atoms with E-state index in [0.29, 0.717) is 11.5 Å². The Morgan fingerprint density at radius 2 is 1.80 bits per heavy atom. The number of ether oxygens (including phenoxy) is 3. The van der Waals surface area contributed by atoms with E-state index in [1.165, 1.54) is 14.0 Å². The molecule has 0 aliphatic carbocycles. The second-order valence-electron chi connectivity index (χ2n) is 5.32. The monoisotopic (exact) mass is 360 g/mol. The molecule has 0 fully saturated rings. The molecule has 6 heteroatoms. The van der Waals surface area contributed by atoms with Gasteiger partial charge >= 0.3 is 11.9 Å². The van der Waals surface area contributed by atoms with Crippen molar-refractivity contribution < 1.29 is 23.8 Å². The Labute approximate surface area is 151 Å². The van der Waals surface area contributed by atoms with Crippen LogP contribution in [0.4, 0.5) is 0 Å². The summed E-state index contributed by atoms with van der Waals surface area (Å²) in [4.78, 5) is 23.1. The molecule has 25 heavy (non-hydrogen) atoms. The summed E-state index contributed by atoms with van der Waals surface area (Å²) in [5.74, 6) is 1.27. The molecule has 0 spiro atoms. The molecule has 0 aliphatic heterocycles. The molecule has 0 saturated carbocycles. The van der Waals surface area contributed by atoms with Gasteiger partial charge < -0.3 is 14.2 Å². The fourth-order valence-electron chi connectivity index (χ4n) is 2.06. The van der Waals surface area contributed by atoms with Crippen molar-refractivity contribution in [1.82, 2.24) is 0 Å². The predicted octanol–water partition coefficient (Wildman–Crippen LogP) is 3.76. The summed E-state index contributed by atoms with van der Waals surface area (Å²) in [5, 5.41) is 0. The van der Waals surface area contributed by atoms with Gasteiger partial charge in [-0.1, -0.05) is 12.1 Å². The number of rotatable bonds is 7. The first-order valence-electron chi connectivity index (χ1n) is 7.68. The van der Waals surface area contributed by atoms with Crippen LogP contribution in [-0.4, -0.2) is 25.7 Å². The molecule has 0 N–H and O–H groups in total. The van der Waals surface area contributed by atoms with Crippen LogP contribution >= 0.6 is 11.8 Å². The van der Waals surface area contributed by atoms with Crippen molar-refractivity contribution in [3.63, 3.8) is 0 Å². The van der Waals surface area contributed by atoms with Gasteiger partial charge in [0.2, 0.25) is 0 Å². The van der Waals surface area contributed by atoms with Crippen molar-refractivity contribution in [3.8, 4) is 11.5 Å². The molecule has 0 aromatic heterocycles. The topological polar surface area (TPSA) is 61.8 Å². The van der Waals surface area contributed by atoms with Crippen molar-refractivity contribution in [3.05, 3.63) is 53.6 Å². The van der Waals surface area contributed by atoms with Crippen molar-refractivity contribution >= 4 is 23.7 Å². The Morgan fingerprint density at radius 1 is 1.08 bits per heavy atom. The lowest BCUT2D eigenvalue weighted by atomic mass is 10.2. The first kappa shape index (κ1) is 18.9. The molecule has 0 radical (unpaired) electrons. The largest absolute Gasteiger partial charge is 0.482 e. The number of hydrogen-bond acceptors (Lipinski definition) is 6. The van der Waals surface area contributed by atoms with E-state index in [2.05, 4.69) is 4.74 Å². The van der Waals surface area contributed by atoms with Gasteiger partial charge in [-0.3, -0.25) is 4.79 Å². The van der Waals surface area contributed by atoms with Crippen molar-refractivity contribution in [2.24, 2.45) is 0 Å². The van der Waals surface area contributed by atoms with Crippen LogP contribution in [-0.2, 0) is 20.1 Å². The van der Waals surface area contributed by atoms with Gasteiger partial charge in [-0.2, -0.15) is 0 Å². The molecule has 0 heterocycles. The molecule has 132 valence electrons. The van der Waals surface area contributed by atoms with E-state index in [1.54, 1.807) is 23.9 Å². The van der Waals surface area contributed by atoms with E-state index in [4.69, 9.17) is 9.47 Å². The molecule has 0 unspecified atom stereocenters. The number of carbonyl (C=O) groups is 2. The van der Waals surface area contributed by atoms with E-state index >= 15 is 0 Å². The number of hydrogen-bond donors (Lipinski definition) is 0. The highest BCUT2D eigenvalue weighted by Crippen LogP contribution is 2.28. The zero-order valence-corrected chi connectivity index (χ0v) is 15.2. The molecule has 2 aromatic carbocycles. The number of methoxy groups -OCH3 is 1. The Hall–Kier alpha value is -2.47. The average molecular weight is 360 g/mol. The maximum atomic E-state index is 11.1. The minimum atomic E-state index is -0.407. The Balaban J connectivity index is 1.91. The summed E-state index contributed by atoms with van der Waals surface area (Å²) < 4.78 is 15.0. The lowest BCUT2D eigenvalue weighted by molar-refractivity contribution is -0.143. The number of carbonyl (C=O) groups excluding carboxylic acids is 2. The SMILES string of the molecule is COC(=O)COc1ccc(SCc2ccc(OC(C)=O)cc2)cc1C. The molecule has 0 atom stereocenters. The molecule has 2 rings (SSSR count). The molecular weight excluding hydrogens is 340 g/mol. The zero-order valence-electron chi connectivity index (χ0n) is 14.4. The van der Waals surface area contributed by atoms with Crippen LogP contribution in [0.3, 0.4) is 0 Å². The molecule has 0 saturated heterocycles. The summed E-state index contributed by atoms with van der Waals surface area (Å²) in [5.41, 5.74) is 2.09. The van der Waals surface area contributed by atoms with Gasteiger partial charge in [0, 0.05) is 17.6 Å². The molecule has 0 amide bonds. The van der Waals surface area contributed by atoms with E-state index in [-0.39, 0.29) is 12.6 Å². The maximum absolute atomic E-state index is 11.1. The third kappa shape index (κ3) is 6.15. The van der Waals surface area contributed by atoms with Gasteiger partial charge in [-0.15, -0.1) is 11.8 Å². The second-order valence-corrected chi connectivity index (χ2v) is 6.37. The summed E-state index contributed by atoms with van der Waals surface area (Å²) in [7, 11) is 1.33. The van der Waals surface area contributed by atoms with Crippen LogP contribution in [0.1, 0.15) is 18.1 Å². The van der Waals surface area contributed by atoms with E-state index < -0.39 is 5.97 Å². The highest BCUT2D eigenvalue weighted by molar-refractivity contribution is 7.98. The minimum Gasteiger partial charge on any atom is -0.482 e. The van der Waals surface area contributed by atoms with Crippen LogP contribution < -0.4 is 9.47 Å². The van der Waals surface area contributed by atoms with Crippen LogP contribution in [0.25, 0.3) is 0 Å². The van der Waals surface area contributed by atoms with E-state index in [1.807, 2.05) is 37.3 Å². The average Bonchev–Trinajstić information content (AvgIpc) is 2.59. The molecular formula is C19H20O5S. The Bertz CT molecular complexity index is 740. The lowest BCUT2D eigenvalue weighted by Gasteiger charge is -2.10. The summed E-state index contributed by atoms with van der Waals surface area (Å²) in [6, 6.07) is 13.3. The van der Waals surface area contributed by atoms with E-state index in [9.17, 15) is 9.59 Å². The first-order valence-corrected chi connectivity index (χ1v) is 8.67. The number of thioether (sulfide) groups is 1. The van der Waals surface area contributed by atoms with Gasteiger partial charge in [0.05, 0.1) is 7.11 Å². The number of esters is 2. The van der Waals surface area contributed by atoms with Crippen LogP contribution in [0.5, 0.6) is 11.5 Å². The molecule has 5 nitrogen and oxygen atoms in total. The third-order valence-corrected chi connectivity index (χ3v) is 4.37. The highest BCUT2D eigenvalue weighted by atomic mass is 32.2. The summed E-state index contributed by atoms with van der Waals surface area (Å²) in [6.07, 6.45) is 0. The van der Waals surface area contributed by atoms with Crippen molar-refractivity contribution in [2.75, 3.05) is 13.7 Å². The van der Waals surface area contributed by atoms with Gasteiger partial charge in [0.25, 0.3) is 0 Å². The molecule has 0 bridgehead atoms. The van der Waals surface area contributed by atoms with Crippen LogP contribution in [0, 0.1) is 6.92 Å². The first-order chi connectivity index (χ1) is 12.0. The second kappa shape index (κ2) is 9.13. The number of aryl methyl sites for hydroxylation is 1. The Morgan fingerprint density at radius 3 is 2.40 bits per heavy atom. The fraction of sp³-hybridized carbons (Fsp3) is 0.263. The predicted molar refractivity (Wildman–Crippen MR) is 96.0 cm³/mol. The van der Waals surface area contributed by atoms with Crippen LogP contribution in [0.2, 0.25) is 0 Å². The highest BCUT2D eigenvalue weighted by Gasteiger charge is 2.06. The van der Waals surface area contributed by atoms with Crippen molar-refractivity contribution in [1.29, 1.82) is 0 Å². The minimum absolute atomic E-state index is 0.0987. The Kier molecular flexibility index (Phi) is 6.89. The summed E-state index contributed by atoms with van der Waals surface area (Å²) in [6.45, 7) is 3.22. The standard InChI is InChI=1S/C19H20O5S/c1-13-10-17(8-9-18(13)23-11-19(21)22-3)25-12-15-4-6-16(7-5-15)24-14(2)20/h4-10H,11-12H2,1-3H3. The van der Waals surface area contributed by atoms with E-state index in [0.717, 1.165) is 21.8 Å². The van der Waals surface area contributed by atoms with Crippen molar-refractivity contribution in [2.45, 2.75) is 24.5 Å². The molecule has 0 aliphatic rings. The van der Waals surface area contributed by atoms with Crippen LogP contribution in [0.15, 0.2) is 47.4 Å². The zero-order chi connectivity index (χ0) is 18.2. The number of benzene rings is 2. The lowest BCUT2D eigenvalue weighted by Crippen LogP contribution is -2.12. The molecule has 2 aromatic rings. The van der Waals surface area contributed by atoms with Gasteiger partial charge in [-0.05, 0) is 48.4 Å². The smallest absolute Gasteiger partial charge is 0.343 e. The maximum Gasteiger partial charge on any atom is 0.343 e.